The van der Waals surface area contributed by atoms with Gasteiger partial charge in [0.2, 0.25) is 0 Å². The van der Waals surface area contributed by atoms with Gasteiger partial charge >= 0.3 is 0 Å². The molecule has 13 aromatic carbocycles. The van der Waals surface area contributed by atoms with Crippen LogP contribution in [-0.2, 0) is 0 Å². The van der Waals surface area contributed by atoms with Crippen LogP contribution in [-0.4, -0.2) is 0 Å². The molecule has 0 amide bonds. The molecule has 2 nitrogen and oxygen atoms in total. The van der Waals surface area contributed by atoms with Crippen LogP contribution in [0.4, 0.5) is 17.1 Å². The van der Waals surface area contributed by atoms with E-state index in [-0.39, 0.29) is 0 Å². The molecule has 14 aromatic rings. The van der Waals surface area contributed by atoms with E-state index < -0.39 is 0 Å². The highest BCUT2D eigenvalue weighted by Gasteiger charge is 2.22. The first-order valence-corrected chi connectivity index (χ1v) is 24.7. The summed E-state index contributed by atoms with van der Waals surface area (Å²) in [6.45, 7) is 0. The lowest BCUT2D eigenvalue weighted by Gasteiger charge is -2.28. The highest BCUT2D eigenvalue weighted by Crippen LogP contribution is 2.48. The molecule has 2 heteroatoms. The van der Waals surface area contributed by atoms with Gasteiger partial charge < -0.3 is 9.32 Å². The molecular formula is C70H45NO. The summed E-state index contributed by atoms with van der Waals surface area (Å²) in [6, 6.07) is 99.3. The predicted molar refractivity (Wildman–Crippen MR) is 306 cm³/mol. The average molecular weight is 916 g/mol. The molecule has 0 aliphatic rings. The van der Waals surface area contributed by atoms with Crippen LogP contribution >= 0.6 is 0 Å². The summed E-state index contributed by atoms with van der Waals surface area (Å²) in [4.78, 5) is 2.41. The maximum atomic E-state index is 6.73. The number of nitrogens with zero attached hydrogens (tertiary/aromatic N) is 1. The zero-order valence-electron chi connectivity index (χ0n) is 39.3. The third-order valence-electron chi connectivity index (χ3n) is 14.6. The van der Waals surface area contributed by atoms with Crippen LogP contribution in [0.1, 0.15) is 0 Å². The Morgan fingerprint density at radius 3 is 1.49 bits per heavy atom. The molecule has 0 spiro atoms. The molecule has 1 heterocycles. The van der Waals surface area contributed by atoms with E-state index in [0.29, 0.717) is 0 Å². The van der Waals surface area contributed by atoms with Gasteiger partial charge in [-0.15, -0.1) is 0 Å². The number of rotatable bonds is 8. The number of anilines is 3. The second-order valence-electron chi connectivity index (χ2n) is 18.7. The van der Waals surface area contributed by atoms with Gasteiger partial charge in [0.15, 0.2) is 0 Å². The van der Waals surface area contributed by atoms with E-state index in [1.54, 1.807) is 0 Å². The second-order valence-corrected chi connectivity index (χ2v) is 18.7. The number of benzene rings is 13. The summed E-state index contributed by atoms with van der Waals surface area (Å²) < 4.78 is 6.73. The van der Waals surface area contributed by atoms with Crippen LogP contribution in [0, 0.1) is 0 Å². The Bertz CT molecular complexity index is 4360. The van der Waals surface area contributed by atoms with Gasteiger partial charge in [0.05, 0.1) is 5.69 Å². The Morgan fingerprint density at radius 1 is 0.264 bits per heavy atom. The molecule has 1 aromatic heterocycles. The molecule has 0 saturated carbocycles. The molecule has 336 valence electrons. The van der Waals surface area contributed by atoms with E-state index >= 15 is 0 Å². The molecule has 0 N–H and O–H groups in total. The topological polar surface area (TPSA) is 16.4 Å². The van der Waals surface area contributed by atoms with E-state index in [0.717, 1.165) is 61.1 Å². The summed E-state index contributed by atoms with van der Waals surface area (Å²) in [7, 11) is 0. The van der Waals surface area contributed by atoms with Crippen molar-refractivity contribution in [2.24, 2.45) is 0 Å². The van der Waals surface area contributed by atoms with Crippen molar-refractivity contribution in [2.45, 2.75) is 0 Å². The van der Waals surface area contributed by atoms with Crippen LogP contribution < -0.4 is 4.90 Å². The van der Waals surface area contributed by atoms with Gasteiger partial charge in [0.25, 0.3) is 0 Å². The van der Waals surface area contributed by atoms with Crippen molar-refractivity contribution < 1.29 is 4.42 Å². The third-order valence-corrected chi connectivity index (χ3v) is 14.6. The highest BCUT2D eigenvalue weighted by molar-refractivity contribution is 6.23. The molecule has 14 rings (SSSR count). The maximum Gasteiger partial charge on any atom is 0.143 e. The zero-order valence-corrected chi connectivity index (χ0v) is 39.3. The monoisotopic (exact) mass is 915 g/mol. The lowest BCUT2D eigenvalue weighted by molar-refractivity contribution is 0.673. The molecule has 0 bridgehead atoms. The first-order valence-electron chi connectivity index (χ1n) is 24.7. The lowest BCUT2D eigenvalue weighted by atomic mass is 9.84. The minimum Gasteiger partial charge on any atom is -0.455 e. The Labute approximate surface area is 417 Å². The standard InChI is InChI=1S/C70H45NO/c1-3-18-50(19-4-1)67-61-26-12-11-24-58(61)59-42-37-54(45-64(59)68(67)51-20-5-2-6-21-51)48-34-40-56(41-35-48)71(55-38-32-47(33-39-55)53-31-30-46-16-7-8-22-52(46)44-53)65-28-14-13-25-60(65)62-27-15-29-66-69(62)63-43-36-49-17-9-10-23-57(49)70(63)72-66/h1-45H. The van der Waals surface area contributed by atoms with E-state index in [1.807, 2.05) is 0 Å². The molecule has 0 aliphatic heterocycles. The SMILES string of the molecule is c1ccc(-c2c(-c3ccccc3)c3cc(-c4ccc(N(c5ccc(-c6ccc7ccccc7c6)cc5)c5ccccc5-c5cccc6oc7c8ccccc8ccc7c56)cc4)ccc3c3ccccc23)cc1. The fourth-order valence-corrected chi connectivity index (χ4v) is 11.3. The second kappa shape index (κ2) is 17.2. The van der Waals surface area contributed by atoms with Crippen LogP contribution in [0.2, 0.25) is 0 Å². The van der Waals surface area contributed by atoms with Crippen molar-refractivity contribution in [3.05, 3.63) is 273 Å². The van der Waals surface area contributed by atoms with Crippen LogP contribution in [0.15, 0.2) is 277 Å². The van der Waals surface area contributed by atoms with E-state index in [1.165, 1.54) is 76.6 Å². The van der Waals surface area contributed by atoms with Gasteiger partial charge in [0, 0.05) is 33.1 Å². The molecule has 0 atom stereocenters. The van der Waals surface area contributed by atoms with E-state index in [4.69, 9.17) is 4.42 Å². The largest absolute Gasteiger partial charge is 0.455 e. The predicted octanol–water partition coefficient (Wildman–Crippen LogP) is 20.0. The van der Waals surface area contributed by atoms with E-state index in [2.05, 4.69) is 278 Å². The number of furan rings is 1. The quantitative estimate of drug-likeness (QED) is 0.141. The Hall–Kier alpha value is -9.50. The Morgan fingerprint density at radius 2 is 0.764 bits per heavy atom. The lowest BCUT2D eigenvalue weighted by Crippen LogP contribution is -2.11. The third kappa shape index (κ3) is 6.95. The van der Waals surface area contributed by atoms with Crippen molar-refractivity contribution in [2.75, 3.05) is 4.90 Å². The van der Waals surface area contributed by atoms with Crippen molar-refractivity contribution in [3.8, 4) is 55.6 Å². The summed E-state index contributed by atoms with van der Waals surface area (Å²) in [6.07, 6.45) is 0. The van der Waals surface area contributed by atoms with Crippen LogP contribution in [0.5, 0.6) is 0 Å². The molecule has 0 radical (unpaired) electrons. The van der Waals surface area contributed by atoms with Crippen molar-refractivity contribution in [1.82, 2.24) is 0 Å². The number of fused-ring (bicyclic) bond motifs is 9. The molecule has 0 unspecified atom stereocenters. The maximum absolute atomic E-state index is 6.73. The number of hydrogen-bond donors (Lipinski definition) is 0. The molecule has 0 saturated heterocycles. The van der Waals surface area contributed by atoms with Gasteiger partial charge in [-0.05, 0) is 142 Å². The van der Waals surface area contributed by atoms with Crippen molar-refractivity contribution in [3.63, 3.8) is 0 Å². The van der Waals surface area contributed by atoms with Crippen molar-refractivity contribution >= 4 is 82.1 Å². The van der Waals surface area contributed by atoms with Gasteiger partial charge in [-0.3, -0.25) is 0 Å². The van der Waals surface area contributed by atoms with Crippen LogP contribution in [0.25, 0.3) is 121 Å². The van der Waals surface area contributed by atoms with Crippen molar-refractivity contribution in [1.29, 1.82) is 0 Å². The fraction of sp³-hybridized carbons (Fsp3) is 0. The van der Waals surface area contributed by atoms with Gasteiger partial charge in [-0.2, -0.15) is 0 Å². The van der Waals surface area contributed by atoms with Crippen LogP contribution in [0.3, 0.4) is 0 Å². The minimum atomic E-state index is 0.874. The number of hydrogen-bond acceptors (Lipinski definition) is 2. The number of para-hydroxylation sites is 1. The summed E-state index contributed by atoms with van der Waals surface area (Å²) in [5.41, 5.74) is 16.8. The highest BCUT2D eigenvalue weighted by atomic mass is 16.3. The summed E-state index contributed by atoms with van der Waals surface area (Å²) in [5.74, 6) is 0. The minimum absolute atomic E-state index is 0.874. The molecule has 0 aliphatic carbocycles. The molecule has 72 heavy (non-hydrogen) atoms. The Balaban J connectivity index is 0.933. The first kappa shape index (κ1) is 41.5. The smallest absolute Gasteiger partial charge is 0.143 e. The molecular weight excluding hydrogens is 871 g/mol. The first-order chi connectivity index (χ1) is 35.7. The fourth-order valence-electron chi connectivity index (χ4n) is 11.3. The van der Waals surface area contributed by atoms with Gasteiger partial charge in [0.1, 0.15) is 11.2 Å². The average Bonchev–Trinajstić information content (AvgIpc) is 3.85. The van der Waals surface area contributed by atoms with Gasteiger partial charge in [-0.1, -0.05) is 218 Å². The van der Waals surface area contributed by atoms with Gasteiger partial charge in [-0.25, -0.2) is 0 Å². The van der Waals surface area contributed by atoms with E-state index in [9.17, 15) is 0 Å². The summed E-state index contributed by atoms with van der Waals surface area (Å²) in [5, 5.41) is 12.0. The molecule has 0 fully saturated rings. The zero-order chi connectivity index (χ0) is 47.5. The normalized spacial score (nSPS) is 11.6. The summed E-state index contributed by atoms with van der Waals surface area (Å²) >= 11 is 0. The Kier molecular flexibility index (Phi) is 9.89.